The molecule has 306 valence electrons. The van der Waals surface area contributed by atoms with Crippen LogP contribution in [-0.2, 0) is 44.4 Å². The molecule has 3 saturated heterocycles. The lowest BCUT2D eigenvalue weighted by Crippen LogP contribution is -2.63. The van der Waals surface area contributed by atoms with Crippen molar-refractivity contribution >= 4 is 12.0 Å². The van der Waals surface area contributed by atoms with Gasteiger partial charge in [-0.2, -0.15) is 0 Å². The number of ether oxygens (including phenoxy) is 9. The highest BCUT2D eigenvalue weighted by atomic mass is 16.8. The third-order valence-electron chi connectivity index (χ3n) is 9.50. The van der Waals surface area contributed by atoms with Gasteiger partial charge in [-0.05, 0) is 54.8 Å². The zero-order chi connectivity index (χ0) is 40.0. The molecule has 55 heavy (non-hydrogen) atoms. The van der Waals surface area contributed by atoms with Crippen LogP contribution in [0.15, 0.2) is 42.5 Å². The second-order valence-electron chi connectivity index (χ2n) is 13.3. The zero-order valence-corrected chi connectivity index (χ0v) is 30.2. The summed E-state index contributed by atoms with van der Waals surface area (Å²) in [6, 6.07) is 8.94. The maximum Gasteiger partial charge on any atom is 0.331 e. The highest BCUT2D eigenvalue weighted by molar-refractivity contribution is 5.87. The van der Waals surface area contributed by atoms with E-state index < -0.39 is 105 Å². The second kappa shape index (κ2) is 18.5. The zero-order valence-electron chi connectivity index (χ0n) is 30.2. The molecule has 19 nitrogen and oxygen atoms in total. The summed E-state index contributed by atoms with van der Waals surface area (Å²) < 4.78 is 50.8. The Balaban J connectivity index is 1.42. The van der Waals surface area contributed by atoms with Gasteiger partial charge in [-0.15, -0.1) is 0 Å². The van der Waals surface area contributed by atoms with E-state index in [-0.39, 0.29) is 36.0 Å². The number of phenols is 2. The highest BCUT2D eigenvalue weighted by Gasteiger charge is 2.55. The number of aliphatic hydroxyl groups excluding tert-OH is 6. The Morgan fingerprint density at radius 1 is 0.855 bits per heavy atom. The molecule has 0 radical (unpaired) electrons. The van der Waals surface area contributed by atoms with E-state index in [1.807, 2.05) is 0 Å². The van der Waals surface area contributed by atoms with Gasteiger partial charge in [-0.25, -0.2) is 4.79 Å². The molecular weight excluding hydrogens is 736 g/mol. The van der Waals surface area contributed by atoms with Crippen LogP contribution in [0.4, 0.5) is 0 Å². The third kappa shape index (κ3) is 9.84. The molecule has 0 spiro atoms. The van der Waals surface area contributed by atoms with Crippen molar-refractivity contribution in [3.63, 3.8) is 0 Å². The van der Waals surface area contributed by atoms with Crippen LogP contribution in [-0.4, -0.2) is 172 Å². The van der Waals surface area contributed by atoms with Crippen LogP contribution in [0.5, 0.6) is 23.0 Å². The highest BCUT2D eigenvalue weighted by Crippen LogP contribution is 2.34. The lowest BCUT2D eigenvalue weighted by atomic mass is 9.97. The number of carbonyl (C=O) groups excluding carboxylic acids is 1. The van der Waals surface area contributed by atoms with Gasteiger partial charge in [0.15, 0.2) is 48.0 Å². The van der Waals surface area contributed by atoms with Gasteiger partial charge in [0.2, 0.25) is 0 Å². The van der Waals surface area contributed by atoms with Crippen LogP contribution in [0.3, 0.4) is 0 Å². The minimum absolute atomic E-state index is 0.0767. The van der Waals surface area contributed by atoms with Crippen molar-refractivity contribution in [2.24, 2.45) is 0 Å². The van der Waals surface area contributed by atoms with Crippen molar-refractivity contribution in [1.82, 2.24) is 0 Å². The number of hydrogen-bond donors (Lipinski definition) is 9. The largest absolute Gasteiger partial charge is 0.504 e. The molecule has 13 unspecified atom stereocenters. The van der Waals surface area contributed by atoms with E-state index in [2.05, 4.69) is 0 Å². The average Bonchev–Trinajstić information content (AvgIpc) is 3.46. The molecule has 13 atom stereocenters. The predicted molar refractivity (Wildman–Crippen MR) is 184 cm³/mol. The van der Waals surface area contributed by atoms with E-state index in [4.69, 9.17) is 42.6 Å². The lowest BCUT2D eigenvalue weighted by molar-refractivity contribution is -0.344. The first kappa shape index (κ1) is 42.5. The maximum absolute atomic E-state index is 13.4. The molecule has 2 aromatic carbocycles. The maximum atomic E-state index is 13.4. The number of aromatic hydroxyl groups is 2. The fourth-order valence-corrected chi connectivity index (χ4v) is 6.17. The summed E-state index contributed by atoms with van der Waals surface area (Å²) in [7, 11) is 2.74. The van der Waals surface area contributed by atoms with Crippen molar-refractivity contribution in [2.75, 3.05) is 40.6 Å². The van der Waals surface area contributed by atoms with Crippen molar-refractivity contribution in [2.45, 2.75) is 92.8 Å². The summed E-state index contributed by atoms with van der Waals surface area (Å²) in [6.07, 6.45) is -16.1. The van der Waals surface area contributed by atoms with E-state index in [9.17, 15) is 50.8 Å². The van der Waals surface area contributed by atoms with E-state index >= 15 is 0 Å². The molecule has 3 fully saturated rings. The van der Waals surface area contributed by atoms with Crippen LogP contribution in [0.25, 0.3) is 6.08 Å². The van der Waals surface area contributed by atoms with Crippen LogP contribution in [0.2, 0.25) is 0 Å². The Kier molecular flexibility index (Phi) is 14.3. The van der Waals surface area contributed by atoms with Crippen molar-refractivity contribution < 1.29 is 93.4 Å². The van der Waals surface area contributed by atoms with Crippen molar-refractivity contribution in [1.29, 1.82) is 0 Å². The summed E-state index contributed by atoms with van der Waals surface area (Å²) in [5, 5.41) is 93.7. The second-order valence-corrected chi connectivity index (χ2v) is 13.3. The Morgan fingerprint density at radius 2 is 1.53 bits per heavy atom. The summed E-state index contributed by atoms with van der Waals surface area (Å²) >= 11 is 0. The fraction of sp³-hybridized carbons (Fsp3) is 0.583. The van der Waals surface area contributed by atoms with Crippen LogP contribution in [0.1, 0.15) is 18.1 Å². The van der Waals surface area contributed by atoms with Gasteiger partial charge in [0.1, 0.15) is 48.3 Å². The minimum Gasteiger partial charge on any atom is -0.504 e. The number of phenolic OH excluding ortho intramolecular Hbond substituents is 2. The van der Waals surface area contributed by atoms with Gasteiger partial charge in [0.05, 0.1) is 46.8 Å². The van der Waals surface area contributed by atoms with Gasteiger partial charge in [0.25, 0.3) is 0 Å². The standard InChI is InChI=1S/C36H48O19/c1-17-26(41)27(42)28(43)33(52-17)50-14-24-30(54-25(40)9-6-18-4-7-20(38)22(12-18)47-2)31(55-35-32(45)36(46,15-37)16-51-35)29(44)34(53-24)49-11-10-19-5-8-21(39)23(13-19)48-3/h4-9,12-13,17,24,26-35,37-39,41-46H,10-11,14-16H2,1-3H3/b9-6+. The van der Waals surface area contributed by atoms with Crippen molar-refractivity contribution in [3.05, 3.63) is 53.6 Å². The summed E-state index contributed by atoms with van der Waals surface area (Å²) in [5.41, 5.74) is -1.01. The Hall–Kier alpha value is -3.67. The number of rotatable bonds is 15. The molecule has 19 heteroatoms. The molecule has 9 N–H and O–H groups in total. The lowest BCUT2D eigenvalue weighted by Gasteiger charge is -2.45. The molecule has 0 amide bonds. The number of aliphatic hydroxyl groups is 7. The monoisotopic (exact) mass is 784 g/mol. The number of hydrogen-bond acceptors (Lipinski definition) is 19. The van der Waals surface area contributed by atoms with Gasteiger partial charge in [0, 0.05) is 6.08 Å². The van der Waals surface area contributed by atoms with Crippen LogP contribution in [0, 0.1) is 0 Å². The Labute approximate surface area is 315 Å². The van der Waals surface area contributed by atoms with E-state index in [1.54, 1.807) is 12.1 Å². The number of benzene rings is 2. The number of carbonyl (C=O) groups is 1. The average molecular weight is 785 g/mol. The third-order valence-corrected chi connectivity index (χ3v) is 9.50. The first-order valence-corrected chi connectivity index (χ1v) is 17.4. The van der Waals surface area contributed by atoms with Gasteiger partial charge in [-0.3, -0.25) is 0 Å². The van der Waals surface area contributed by atoms with Crippen molar-refractivity contribution in [3.8, 4) is 23.0 Å². The van der Waals surface area contributed by atoms with Gasteiger partial charge in [-0.1, -0.05) is 12.1 Å². The molecule has 5 rings (SSSR count). The van der Waals surface area contributed by atoms with Gasteiger partial charge < -0.3 is 88.6 Å². The molecule has 2 aromatic rings. The quantitative estimate of drug-likeness (QED) is 0.0701. The summed E-state index contributed by atoms with van der Waals surface area (Å²) in [5.74, 6) is -0.846. The molecule has 0 aliphatic carbocycles. The Bertz CT molecular complexity index is 1610. The molecule has 3 aliphatic rings. The predicted octanol–water partition coefficient (Wildman–Crippen LogP) is -1.94. The fourth-order valence-electron chi connectivity index (χ4n) is 6.17. The first-order valence-electron chi connectivity index (χ1n) is 17.4. The minimum atomic E-state index is -2.12. The molecule has 0 aromatic heterocycles. The molecule has 0 bridgehead atoms. The summed E-state index contributed by atoms with van der Waals surface area (Å²) in [4.78, 5) is 13.4. The number of methoxy groups -OCH3 is 2. The van der Waals surface area contributed by atoms with Crippen LogP contribution >= 0.6 is 0 Å². The van der Waals surface area contributed by atoms with E-state index in [0.29, 0.717) is 11.1 Å². The summed E-state index contributed by atoms with van der Waals surface area (Å²) in [6.45, 7) is -0.656. The van der Waals surface area contributed by atoms with E-state index in [1.165, 1.54) is 51.5 Å². The Morgan fingerprint density at radius 3 is 2.20 bits per heavy atom. The normalized spacial score (nSPS) is 35.2. The number of esters is 1. The molecule has 3 heterocycles. The topological polar surface area (TPSA) is 282 Å². The van der Waals surface area contributed by atoms with Crippen LogP contribution < -0.4 is 9.47 Å². The van der Waals surface area contributed by atoms with E-state index in [0.717, 1.165) is 6.08 Å². The van der Waals surface area contributed by atoms with Gasteiger partial charge >= 0.3 is 5.97 Å². The molecular formula is C36H48O19. The molecule has 0 saturated carbocycles. The first-order chi connectivity index (χ1) is 26.2. The SMILES string of the molecule is COc1cc(/C=C/C(=O)OC2C(COC3OC(C)C(O)C(O)C3O)OC(OCCc3ccc(O)c(OC)c3)C(O)C2OC2OCC(O)(CO)C2O)ccc1O. The smallest absolute Gasteiger partial charge is 0.331 e. The molecule has 3 aliphatic heterocycles.